The Morgan fingerprint density at radius 1 is 1.39 bits per heavy atom. The van der Waals surface area contributed by atoms with Crippen LogP contribution in [0.2, 0.25) is 0 Å². The van der Waals surface area contributed by atoms with E-state index in [0.717, 1.165) is 23.9 Å². The summed E-state index contributed by atoms with van der Waals surface area (Å²) in [5.74, 6) is 0. The van der Waals surface area contributed by atoms with E-state index in [-0.39, 0.29) is 6.04 Å². The Hall–Kier alpha value is -1.52. The molecular formula is C13H15F3N2. The minimum absolute atomic E-state index is 0.243. The minimum Gasteiger partial charge on any atom is -0.381 e. The number of nitrogens with zero attached hydrogens (tertiary/aromatic N) is 1. The molecule has 1 heterocycles. The minimum atomic E-state index is -4.31. The van der Waals surface area contributed by atoms with Crippen LogP contribution in [0, 0.1) is 0 Å². The lowest BCUT2D eigenvalue weighted by molar-refractivity contribution is -0.137. The van der Waals surface area contributed by atoms with Crippen LogP contribution in [0.5, 0.6) is 0 Å². The zero-order valence-electron chi connectivity index (χ0n) is 10.3. The van der Waals surface area contributed by atoms with Gasteiger partial charge in [0.25, 0.3) is 0 Å². The molecule has 1 aliphatic heterocycles. The maximum absolute atomic E-state index is 12.7. The van der Waals surface area contributed by atoms with Crippen LogP contribution in [0.4, 0.5) is 18.9 Å². The van der Waals surface area contributed by atoms with Crippen molar-refractivity contribution in [3.63, 3.8) is 0 Å². The second-order valence-electron chi connectivity index (χ2n) is 4.38. The van der Waals surface area contributed by atoms with Crippen molar-refractivity contribution in [2.24, 2.45) is 4.99 Å². The van der Waals surface area contributed by atoms with Crippen molar-refractivity contribution in [2.45, 2.75) is 32.0 Å². The van der Waals surface area contributed by atoms with Crippen LogP contribution >= 0.6 is 0 Å². The molecule has 0 saturated carbocycles. The highest BCUT2D eigenvalue weighted by atomic mass is 19.4. The smallest absolute Gasteiger partial charge is 0.381 e. The molecule has 2 nitrogen and oxygen atoms in total. The average Bonchev–Trinajstić information content (AvgIpc) is 2.35. The van der Waals surface area contributed by atoms with Crippen molar-refractivity contribution < 1.29 is 13.2 Å². The average molecular weight is 256 g/mol. The van der Waals surface area contributed by atoms with E-state index in [9.17, 15) is 13.2 Å². The van der Waals surface area contributed by atoms with Gasteiger partial charge in [-0.25, -0.2) is 0 Å². The van der Waals surface area contributed by atoms with Gasteiger partial charge in [-0.05, 0) is 24.6 Å². The monoisotopic (exact) mass is 256 g/mol. The first kappa shape index (κ1) is 12.9. The van der Waals surface area contributed by atoms with Crippen LogP contribution in [0.3, 0.4) is 0 Å². The van der Waals surface area contributed by atoms with Gasteiger partial charge in [-0.2, -0.15) is 13.2 Å². The fourth-order valence-corrected chi connectivity index (χ4v) is 2.16. The number of halogens is 3. The Bertz CT molecular complexity index is 478. The summed E-state index contributed by atoms with van der Waals surface area (Å²) in [5, 5.41) is 3.24. The van der Waals surface area contributed by atoms with Crippen molar-refractivity contribution >= 4 is 11.4 Å². The lowest BCUT2D eigenvalue weighted by atomic mass is 9.93. The number of hydrogen-bond donors (Lipinski definition) is 1. The number of anilines is 1. The molecule has 1 aliphatic rings. The lowest BCUT2D eigenvalue weighted by Crippen LogP contribution is -2.29. The molecule has 0 aromatic heterocycles. The second-order valence-corrected chi connectivity index (χ2v) is 4.38. The van der Waals surface area contributed by atoms with Crippen LogP contribution in [0.25, 0.3) is 0 Å². The predicted molar refractivity (Wildman–Crippen MR) is 66.2 cm³/mol. The molecule has 0 spiro atoms. The van der Waals surface area contributed by atoms with Gasteiger partial charge in [0.1, 0.15) is 0 Å². The van der Waals surface area contributed by atoms with Gasteiger partial charge in [-0.15, -0.1) is 0 Å². The van der Waals surface area contributed by atoms with Crippen LogP contribution < -0.4 is 5.32 Å². The molecule has 0 saturated heterocycles. The molecular weight excluding hydrogens is 241 g/mol. The number of fused-ring (bicyclic) bond motifs is 1. The predicted octanol–water partition coefficient (Wildman–Crippen LogP) is 3.72. The van der Waals surface area contributed by atoms with Gasteiger partial charge in [0.2, 0.25) is 0 Å². The summed E-state index contributed by atoms with van der Waals surface area (Å²) < 4.78 is 38.0. The van der Waals surface area contributed by atoms with Gasteiger partial charge < -0.3 is 5.32 Å². The molecule has 1 aromatic rings. The van der Waals surface area contributed by atoms with Crippen molar-refractivity contribution in [1.82, 2.24) is 0 Å². The highest BCUT2D eigenvalue weighted by Crippen LogP contribution is 2.34. The zero-order chi connectivity index (χ0) is 13.3. The van der Waals surface area contributed by atoms with E-state index in [1.165, 1.54) is 12.1 Å². The van der Waals surface area contributed by atoms with E-state index in [1.807, 2.05) is 6.92 Å². The first-order valence-corrected chi connectivity index (χ1v) is 5.89. The molecule has 98 valence electrons. The van der Waals surface area contributed by atoms with Crippen molar-refractivity contribution in [3.05, 3.63) is 29.3 Å². The third-order valence-electron chi connectivity index (χ3n) is 3.22. The quantitative estimate of drug-likeness (QED) is 0.813. The number of benzene rings is 1. The highest BCUT2D eigenvalue weighted by Gasteiger charge is 2.32. The van der Waals surface area contributed by atoms with Gasteiger partial charge in [-0.3, -0.25) is 4.99 Å². The molecule has 0 amide bonds. The van der Waals surface area contributed by atoms with Crippen molar-refractivity contribution in [2.75, 3.05) is 12.4 Å². The van der Waals surface area contributed by atoms with E-state index in [4.69, 9.17) is 0 Å². The maximum atomic E-state index is 12.7. The summed E-state index contributed by atoms with van der Waals surface area (Å²) in [4.78, 5) is 4.12. The molecule has 0 unspecified atom stereocenters. The van der Waals surface area contributed by atoms with E-state index in [2.05, 4.69) is 10.3 Å². The van der Waals surface area contributed by atoms with Crippen LogP contribution in [-0.4, -0.2) is 18.8 Å². The molecule has 1 aromatic carbocycles. The normalized spacial score (nSPS) is 21.6. The second kappa shape index (κ2) is 4.63. The summed E-state index contributed by atoms with van der Waals surface area (Å²) in [6, 6.07) is 4.02. The zero-order valence-corrected chi connectivity index (χ0v) is 10.3. The van der Waals surface area contributed by atoms with Gasteiger partial charge in [-0.1, -0.05) is 6.92 Å². The standard InChI is InChI=1S/C13H15F3N2/c1-3-9-7-12(17-2)10-6-8(13(14,15)16)4-5-11(10)18-9/h4-6,9,18H,3,7H2,1-2H3/b17-12+/t9-/m1/s1. The summed E-state index contributed by atoms with van der Waals surface area (Å²) in [5.41, 5.74) is 1.42. The Morgan fingerprint density at radius 3 is 2.67 bits per heavy atom. The van der Waals surface area contributed by atoms with Crippen LogP contribution in [0.1, 0.15) is 30.9 Å². The van der Waals surface area contributed by atoms with E-state index in [0.29, 0.717) is 12.0 Å². The van der Waals surface area contributed by atoms with Crippen LogP contribution in [0.15, 0.2) is 23.2 Å². The Morgan fingerprint density at radius 2 is 2.11 bits per heavy atom. The SMILES string of the molecule is CC[C@@H]1C/C(=N\C)c2cc(C(F)(F)F)ccc2N1. The Kier molecular flexibility index (Phi) is 3.32. The molecule has 2 rings (SSSR count). The molecule has 1 atom stereocenters. The van der Waals surface area contributed by atoms with E-state index in [1.54, 1.807) is 7.05 Å². The first-order chi connectivity index (χ1) is 8.45. The molecule has 0 bridgehead atoms. The van der Waals surface area contributed by atoms with Crippen molar-refractivity contribution in [3.8, 4) is 0 Å². The number of alkyl halides is 3. The molecule has 1 N–H and O–H groups in total. The topological polar surface area (TPSA) is 24.4 Å². The third-order valence-corrected chi connectivity index (χ3v) is 3.22. The summed E-state index contributed by atoms with van der Waals surface area (Å²) in [7, 11) is 1.62. The molecule has 0 aliphatic carbocycles. The number of aliphatic imine (C=N–C) groups is 1. The lowest BCUT2D eigenvalue weighted by Gasteiger charge is -2.28. The Labute approximate surface area is 104 Å². The number of nitrogens with one attached hydrogen (secondary N) is 1. The maximum Gasteiger partial charge on any atom is 0.416 e. The molecule has 0 fully saturated rings. The van der Waals surface area contributed by atoms with Gasteiger partial charge in [0.05, 0.1) is 5.56 Å². The summed E-state index contributed by atoms with van der Waals surface area (Å²) >= 11 is 0. The summed E-state index contributed by atoms with van der Waals surface area (Å²) in [6.07, 6.45) is -2.73. The third kappa shape index (κ3) is 2.35. The highest BCUT2D eigenvalue weighted by molar-refractivity contribution is 6.07. The molecule has 0 radical (unpaired) electrons. The largest absolute Gasteiger partial charge is 0.416 e. The van der Waals surface area contributed by atoms with E-state index < -0.39 is 11.7 Å². The van der Waals surface area contributed by atoms with Crippen LogP contribution in [-0.2, 0) is 6.18 Å². The van der Waals surface area contributed by atoms with Crippen molar-refractivity contribution in [1.29, 1.82) is 0 Å². The summed E-state index contributed by atoms with van der Waals surface area (Å²) in [6.45, 7) is 2.04. The number of rotatable bonds is 1. The fourth-order valence-electron chi connectivity index (χ4n) is 2.16. The molecule has 5 heteroatoms. The van der Waals surface area contributed by atoms with Gasteiger partial charge >= 0.3 is 6.18 Å². The number of hydrogen-bond acceptors (Lipinski definition) is 2. The Balaban J connectivity index is 2.46. The van der Waals surface area contributed by atoms with Gasteiger partial charge in [0, 0.05) is 36.5 Å². The fraction of sp³-hybridized carbons (Fsp3) is 0.462. The van der Waals surface area contributed by atoms with Gasteiger partial charge in [0.15, 0.2) is 0 Å². The van der Waals surface area contributed by atoms with E-state index >= 15 is 0 Å². The first-order valence-electron chi connectivity index (χ1n) is 5.89. The molecule has 18 heavy (non-hydrogen) atoms.